The number of carbonyl (C=O) groups excluding carboxylic acids is 2. The van der Waals surface area contributed by atoms with Crippen LogP contribution in [0.25, 0.3) is 21.8 Å². The maximum Gasteiger partial charge on any atom is 0.287 e. The van der Waals surface area contributed by atoms with Crippen LogP contribution >= 0.6 is 0 Å². The van der Waals surface area contributed by atoms with Crippen LogP contribution in [-0.4, -0.2) is 50.9 Å². The van der Waals surface area contributed by atoms with Gasteiger partial charge >= 0.3 is 0 Å². The Morgan fingerprint density at radius 1 is 0.667 bits per heavy atom. The van der Waals surface area contributed by atoms with Crippen molar-refractivity contribution in [3.63, 3.8) is 0 Å². The molecule has 0 radical (unpaired) electrons. The van der Waals surface area contributed by atoms with E-state index in [1.807, 2.05) is 0 Å². The fourth-order valence-corrected chi connectivity index (χ4v) is 4.42. The number of anilines is 1. The van der Waals surface area contributed by atoms with Crippen molar-refractivity contribution in [1.82, 2.24) is 19.9 Å². The maximum absolute atomic E-state index is 11.6. The monoisotopic (exact) mass is 650 g/mol. The van der Waals surface area contributed by atoms with Crippen molar-refractivity contribution in [1.29, 1.82) is 0 Å². The minimum absolute atomic E-state index is 0.146. The Labute approximate surface area is 271 Å². The van der Waals surface area contributed by atoms with E-state index >= 15 is 0 Å². The summed E-state index contributed by atoms with van der Waals surface area (Å²) >= 11 is 0. The quantitative estimate of drug-likeness (QED) is 0.144. The molecule has 6 N–H and O–H groups in total. The second kappa shape index (κ2) is 13.9. The zero-order valence-electron chi connectivity index (χ0n) is 25.3. The van der Waals surface area contributed by atoms with E-state index in [1.165, 1.54) is 44.8 Å². The molecule has 0 bridgehead atoms. The number of nitrogens with zero attached hydrogens (tertiary/aromatic N) is 5. The van der Waals surface area contributed by atoms with Gasteiger partial charge < -0.3 is 36.1 Å². The molecule has 0 aliphatic rings. The summed E-state index contributed by atoms with van der Waals surface area (Å²) in [7, 11) is 2.89. The summed E-state index contributed by atoms with van der Waals surface area (Å²) in [6.45, 7) is 0. The molecule has 4 heterocycles. The first-order chi connectivity index (χ1) is 23.1. The third-order valence-corrected chi connectivity index (χ3v) is 6.70. The van der Waals surface area contributed by atoms with Crippen LogP contribution < -0.4 is 36.1 Å². The number of fused-ring (bicyclic) bond motifs is 2. The maximum atomic E-state index is 11.6. The van der Waals surface area contributed by atoms with Gasteiger partial charge in [-0.05, 0) is 30.3 Å². The summed E-state index contributed by atoms with van der Waals surface area (Å²) in [4.78, 5) is 49.7. The Bertz CT molecular complexity index is 2160. The van der Waals surface area contributed by atoms with Crippen LogP contribution in [0.5, 0.6) is 34.8 Å². The number of nitrogens with two attached hydrogens (primary N) is 3. The van der Waals surface area contributed by atoms with Crippen molar-refractivity contribution in [2.45, 2.75) is 0 Å². The Kier molecular flexibility index (Phi) is 9.35. The zero-order chi connectivity index (χ0) is 34.4. The second-order valence-electron chi connectivity index (χ2n) is 9.73. The lowest BCUT2D eigenvalue weighted by molar-refractivity contribution is -0.385. The van der Waals surface area contributed by atoms with Gasteiger partial charge in [-0.15, -0.1) is 0 Å². The minimum atomic E-state index is -0.651. The molecular formula is C32H26N8O8. The van der Waals surface area contributed by atoms with Crippen molar-refractivity contribution in [2.24, 2.45) is 11.5 Å². The van der Waals surface area contributed by atoms with Gasteiger partial charge in [-0.1, -0.05) is 0 Å². The fraction of sp³-hybridized carbons (Fsp3) is 0.0625. The molecule has 0 fully saturated rings. The number of amides is 2. The standard InChI is InChI=1S/C16H12N4O5.C16H14N4O3/c1-24-14-7-12-10(6-11(14)16(17)21)13(4-5-18-12)25-15-3-2-9(8-19-15)20(22)23;1-22-14-7-12-10(6-11(14)16(18)21)13(4-5-19-12)23-15-3-2-9(17)8-20-15/h2-8H,1H3,(H2,17,21);2-8H,17H2,1H3,(H2,18,21). The molecule has 6 aromatic rings. The molecule has 0 saturated carbocycles. The van der Waals surface area contributed by atoms with Crippen molar-refractivity contribution in [3.05, 3.63) is 107 Å². The summed E-state index contributed by atoms with van der Waals surface area (Å²) in [6, 6.07) is 15.6. The molecule has 48 heavy (non-hydrogen) atoms. The molecule has 0 aliphatic carbocycles. The molecule has 0 saturated heterocycles. The molecule has 0 spiro atoms. The van der Waals surface area contributed by atoms with Gasteiger partial charge in [-0.2, -0.15) is 0 Å². The predicted octanol–water partition coefficient (Wildman–Crippen LogP) is 4.55. The smallest absolute Gasteiger partial charge is 0.287 e. The van der Waals surface area contributed by atoms with Gasteiger partial charge in [0.15, 0.2) is 0 Å². The Hall–Kier alpha value is -7.10. The van der Waals surface area contributed by atoms with E-state index in [9.17, 15) is 19.7 Å². The lowest BCUT2D eigenvalue weighted by Crippen LogP contribution is -2.12. The predicted molar refractivity (Wildman–Crippen MR) is 173 cm³/mol. The van der Waals surface area contributed by atoms with Gasteiger partial charge in [0, 0.05) is 53.5 Å². The zero-order valence-corrected chi connectivity index (χ0v) is 25.3. The van der Waals surface area contributed by atoms with E-state index in [4.69, 9.17) is 36.1 Å². The number of pyridine rings is 4. The van der Waals surface area contributed by atoms with E-state index in [1.54, 1.807) is 48.7 Å². The van der Waals surface area contributed by atoms with Crippen LogP contribution in [0.2, 0.25) is 0 Å². The van der Waals surface area contributed by atoms with Crippen LogP contribution in [0.3, 0.4) is 0 Å². The fourth-order valence-electron chi connectivity index (χ4n) is 4.42. The van der Waals surface area contributed by atoms with Crippen molar-refractivity contribution in [2.75, 3.05) is 20.0 Å². The molecule has 0 aliphatic heterocycles. The van der Waals surface area contributed by atoms with E-state index < -0.39 is 16.7 Å². The van der Waals surface area contributed by atoms with Crippen LogP contribution in [0.15, 0.2) is 85.5 Å². The number of hydrogen-bond acceptors (Lipinski definition) is 13. The SMILES string of the molecule is COc1cc2nccc(Oc3ccc(N)cn3)c2cc1C(N)=O.COc1cc2nccc(Oc3ccc([N+](=O)[O-])cn3)c2cc1C(N)=O. The van der Waals surface area contributed by atoms with E-state index in [0.29, 0.717) is 56.4 Å². The number of primary amides is 2. The number of carbonyl (C=O) groups is 2. The Balaban J connectivity index is 0.000000188. The van der Waals surface area contributed by atoms with Crippen molar-refractivity contribution < 1.29 is 33.5 Å². The van der Waals surface area contributed by atoms with Crippen LogP contribution in [0.1, 0.15) is 20.7 Å². The van der Waals surface area contributed by atoms with Gasteiger partial charge in [0.25, 0.3) is 17.5 Å². The molecule has 0 unspecified atom stereocenters. The molecule has 16 heteroatoms. The first-order valence-electron chi connectivity index (χ1n) is 13.8. The van der Waals surface area contributed by atoms with Crippen LogP contribution in [0, 0.1) is 10.1 Å². The Morgan fingerprint density at radius 2 is 1.15 bits per heavy atom. The molecule has 242 valence electrons. The molecule has 6 rings (SSSR count). The second-order valence-corrected chi connectivity index (χ2v) is 9.73. The number of hydrogen-bond donors (Lipinski definition) is 3. The molecule has 2 aromatic carbocycles. The average molecular weight is 651 g/mol. The van der Waals surface area contributed by atoms with Gasteiger partial charge in [-0.3, -0.25) is 29.7 Å². The highest BCUT2D eigenvalue weighted by molar-refractivity contribution is 6.02. The number of aromatic nitrogens is 4. The van der Waals surface area contributed by atoms with E-state index in [0.717, 1.165) is 6.20 Å². The molecule has 4 aromatic heterocycles. The largest absolute Gasteiger partial charge is 0.496 e. The van der Waals surface area contributed by atoms with Crippen LogP contribution in [-0.2, 0) is 0 Å². The molecular weight excluding hydrogens is 624 g/mol. The van der Waals surface area contributed by atoms with Gasteiger partial charge in [0.05, 0.1) is 53.2 Å². The molecule has 2 amide bonds. The van der Waals surface area contributed by atoms with Gasteiger partial charge in [0.1, 0.15) is 29.2 Å². The number of benzene rings is 2. The van der Waals surface area contributed by atoms with E-state index in [2.05, 4.69) is 19.9 Å². The highest BCUT2D eigenvalue weighted by Gasteiger charge is 2.16. The lowest BCUT2D eigenvalue weighted by atomic mass is 10.1. The highest BCUT2D eigenvalue weighted by atomic mass is 16.6. The van der Waals surface area contributed by atoms with Gasteiger partial charge in [-0.25, -0.2) is 9.97 Å². The molecule has 16 nitrogen and oxygen atoms in total. The molecule has 0 atom stereocenters. The summed E-state index contributed by atoms with van der Waals surface area (Å²) < 4.78 is 21.8. The average Bonchev–Trinajstić information content (AvgIpc) is 3.08. The number of nitro groups is 1. The third-order valence-electron chi connectivity index (χ3n) is 6.70. The minimum Gasteiger partial charge on any atom is -0.496 e. The first kappa shape index (κ1) is 32.3. The number of ether oxygens (including phenoxy) is 4. The first-order valence-corrected chi connectivity index (χ1v) is 13.8. The number of nitrogen functional groups attached to an aromatic ring is 1. The van der Waals surface area contributed by atoms with Crippen molar-refractivity contribution >= 4 is 45.0 Å². The number of rotatable bonds is 9. The lowest BCUT2D eigenvalue weighted by Gasteiger charge is -2.11. The summed E-state index contributed by atoms with van der Waals surface area (Å²) in [6.07, 6.45) is 5.71. The summed E-state index contributed by atoms with van der Waals surface area (Å²) in [5.74, 6) is 0.830. The van der Waals surface area contributed by atoms with Gasteiger partial charge in [0.2, 0.25) is 11.8 Å². The van der Waals surface area contributed by atoms with Crippen molar-refractivity contribution in [3.8, 4) is 34.8 Å². The summed E-state index contributed by atoms with van der Waals surface area (Å²) in [5.41, 5.74) is 18.3. The topological polar surface area (TPSA) is 244 Å². The van der Waals surface area contributed by atoms with Crippen LogP contribution in [0.4, 0.5) is 11.4 Å². The highest BCUT2D eigenvalue weighted by Crippen LogP contribution is 2.34. The normalized spacial score (nSPS) is 10.5. The number of methoxy groups -OCH3 is 2. The Morgan fingerprint density at radius 3 is 1.52 bits per heavy atom. The third kappa shape index (κ3) is 7.07. The summed E-state index contributed by atoms with van der Waals surface area (Å²) in [5, 5.41) is 11.8. The van der Waals surface area contributed by atoms with E-state index in [-0.39, 0.29) is 22.7 Å².